The molecule has 0 aromatic carbocycles. The van der Waals surface area contributed by atoms with Gasteiger partial charge in [0.05, 0.1) is 36.7 Å². The second-order valence-corrected chi connectivity index (χ2v) is 5.06. The quantitative estimate of drug-likeness (QED) is 0.797. The van der Waals surface area contributed by atoms with Gasteiger partial charge in [0.1, 0.15) is 0 Å². The molecule has 1 saturated heterocycles. The van der Waals surface area contributed by atoms with Gasteiger partial charge < -0.3 is 10.1 Å². The highest BCUT2D eigenvalue weighted by molar-refractivity contribution is 5.93. The van der Waals surface area contributed by atoms with Crippen LogP contribution >= 0.6 is 0 Å². The highest BCUT2D eigenvalue weighted by Crippen LogP contribution is 2.28. The van der Waals surface area contributed by atoms with Gasteiger partial charge in [-0.3, -0.25) is 9.97 Å². The summed E-state index contributed by atoms with van der Waals surface area (Å²) in [6, 6.07) is 8.35. The van der Waals surface area contributed by atoms with E-state index in [0.717, 1.165) is 41.1 Å². The molecule has 0 bridgehead atoms. The second-order valence-electron chi connectivity index (χ2n) is 5.06. The molecule has 4 rings (SSSR count). The number of pyridine rings is 3. The maximum absolute atomic E-state index is 5.24. The first-order chi connectivity index (χ1) is 10.4. The number of nitrogens with one attached hydrogen (secondary N) is 1. The van der Waals surface area contributed by atoms with E-state index in [1.807, 2.05) is 18.2 Å². The Hall–Kier alpha value is -2.53. The summed E-state index contributed by atoms with van der Waals surface area (Å²) in [4.78, 5) is 12.9. The van der Waals surface area contributed by atoms with E-state index >= 15 is 0 Å². The second kappa shape index (κ2) is 5.10. The molecule has 3 aromatic rings. The van der Waals surface area contributed by atoms with E-state index < -0.39 is 0 Å². The molecule has 1 aliphatic rings. The van der Waals surface area contributed by atoms with Crippen LogP contribution in [0.1, 0.15) is 0 Å². The van der Waals surface area contributed by atoms with Crippen molar-refractivity contribution in [3.63, 3.8) is 0 Å². The van der Waals surface area contributed by atoms with Crippen LogP contribution in [0, 0.1) is 0 Å². The molecule has 1 fully saturated rings. The molecule has 1 aliphatic heterocycles. The van der Waals surface area contributed by atoms with Crippen molar-refractivity contribution in [2.75, 3.05) is 18.5 Å². The lowest BCUT2D eigenvalue weighted by Crippen LogP contribution is -2.40. The average Bonchev–Trinajstić information content (AvgIpc) is 2.51. The van der Waals surface area contributed by atoms with Crippen LogP contribution in [0.2, 0.25) is 0 Å². The predicted molar refractivity (Wildman–Crippen MR) is 81.0 cm³/mol. The van der Waals surface area contributed by atoms with Crippen molar-refractivity contribution >= 4 is 16.6 Å². The van der Waals surface area contributed by atoms with Crippen molar-refractivity contribution in [3.8, 4) is 11.3 Å². The molecule has 0 atom stereocenters. The maximum atomic E-state index is 5.24. The minimum Gasteiger partial charge on any atom is -0.377 e. The zero-order chi connectivity index (χ0) is 14.1. The molecule has 1 N–H and O–H groups in total. The Morgan fingerprint density at radius 2 is 1.86 bits per heavy atom. The van der Waals surface area contributed by atoms with E-state index in [9.17, 15) is 0 Å². The molecule has 0 spiro atoms. The summed E-state index contributed by atoms with van der Waals surface area (Å²) >= 11 is 0. The first kappa shape index (κ1) is 12.2. The molecule has 5 heteroatoms. The third kappa shape index (κ3) is 2.32. The fourth-order valence-corrected chi connectivity index (χ4v) is 2.41. The summed E-state index contributed by atoms with van der Waals surface area (Å²) in [6.45, 7) is 1.50. The fraction of sp³-hybridized carbons (Fsp3) is 0.188. The van der Waals surface area contributed by atoms with Crippen molar-refractivity contribution in [2.45, 2.75) is 6.04 Å². The summed E-state index contributed by atoms with van der Waals surface area (Å²) in [7, 11) is 0. The molecule has 0 aliphatic carbocycles. The lowest BCUT2D eigenvalue weighted by atomic mass is 10.1. The number of hydrogen-bond donors (Lipinski definition) is 1. The van der Waals surface area contributed by atoms with Gasteiger partial charge in [0.25, 0.3) is 0 Å². The Labute approximate surface area is 122 Å². The molecule has 0 unspecified atom stereocenters. The molecule has 5 nitrogen and oxygen atoms in total. The van der Waals surface area contributed by atoms with Gasteiger partial charge >= 0.3 is 0 Å². The smallest absolute Gasteiger partial charge is 0.0913 e. The number of rotatable bonds is 3. The van der Waals surface area contributed by atoms with Crippen molar-refractivity contribution in [3.05, 3.63) is 49.1 Å². The lowest BCUT2D eigenvalue weighted by Gasteiger charge is -2.28. The van der Waals surface area contributed by atoms with Gasteiger partial charge in [-0.05, 0) is 24.3 Å². The molecular formula is C16H14N4O. The van der Waals surface area contributed by atoms with Crippen molar-refractivity contribution in [1.29, 1.82) is 0 Å². The van der Waals surface area contributed by atoms with E-state index in [-0.39, 0.29) is 0 Å². The minimum absolute atomic E-state index is 0.369. The van der Waals surface area contributed by atoms with E-state index in [0.29, 0.717) is 6.04 Å². The van der Waals surface area contributed by atoms with Crippen LogP contribution in [0.5, 0.6) is 0 Å². The van der Waals surface area contributed by atoms with Crippen molar-refractivity contribution < 1.29 is 4.74 Å². The monoisotopic (exact) mass is 278 g/mol. The molecule has 104 valence electrons. The predicted octanol–water partition coefficient (Wildman–Crippen LogP) is 2.50. The third-order valence-electron chi connectivity index (χ3n) is 3.59. The standard InChI is InChI=1S/C16H14N4O/c1-4-17-5-2-11(1)14-7-15(19-12-9-21-10-12)13-3-6-18-8-16(13)20-14/h1-8,12H,9-10H2,(H,19,20). The van der Waals surface area contributed by atoms with Crippen molar-refractivity contribution in [2.24, 2.45) is 0 Å². The highest BCUT2D eigenvalue weighted by atomic mass is 16.5. The van der Waals surface area contributed by atoms with Crippen LogP contribution in [0.4, 0.5) is 5.69 Å². The zero-order valence-electron chi connectivity index (χ0n) is 11.4. The largest absolute Gasteiger partial charge is 0.377 e. The summed E-state index contributed by atoms with van der Waals surface area (Å²) in [5.74, 6) is 0. The zero-order valence-corrected chi connectivity index (χ0v) is 11.4. The van der Waals surface area contributed by atoms with Gasteiger partial charge in [0, 0.05) is 35.2 Å². The summed E-state index contributed by atoms with van der Waals surface area (Å²) in [6.07, 6.45) is 7.13. The van der Waals surface area contributed by atoms with Crippen LogP contribution in [-0.2, 0) is 4.74 Å². The molecule has 4 heterocycles. The Bertz CT molecular complexity index is 772. The lowest BCUT2D eigenvalue weighted by molar-refractivity contribution is 0.0211. The van der Waals surface area contributed by atoms with Gasteiger partial charge in [0.2, 0.25) is 0 Å². The molecular weight excluding hydrogens is 264 g/mol. The molecule has 21 heavy (non-hydrogen) atoms. The van der Waals surface area contributed by atoms with E-state index in [1.165, 1.54) is 0 Å². The Kier molecular flexibility index (Phi) is 2.97. The van der Waals surface area contributed by atoms with E-state index in [2.05, 4.69) is 21.4 Å². The number of ether oxygens (including phenoxy) is 1. The Morgan fingerprint density at radius 1 is 1.05 bits per heavy atom. The average molecular weight is 278 g/mol. The molecule has 0 amide bonds. The number of anilines is 1. The molecule has 0 radical (unpaired) electrons. The van der Waals surface area contributed by atoms with Gasteiger partial charge in [0.15, 0.2) is 0 Å². The third-order valence-corrected chi connectivity index (χ3v) is 3.59. The molecule has 3 aromatic heterocycles. The fourth-order valence-electron chi connectivity index (χ4n) is 2.41. The van der Waals surface area contributed by atoms with Gasteiger partial charge in [-0.1, -0.05) is 0 Å². The minimum atomic E-state index is 0.369. The van der Waals surface area contributed by atoms with Gasteiger partial charge in [-0.2, -0.15) is 0 Å². The van der Waals surface area contributed by atoms with Crippen LogP contribution in [0.3, 0.4) is 0 Å². The first-order valence-corrected chi connectivity index (χ1v) is 6.89. The Morgan fingerprint density at radius 3 is 2.62 bits per heavy atom. The van der Waals surface area contributed by atoms with E-state index in [4.69, 9.17) is 9.72 Å². The summed E-state index contributed by atoms with van der Waals surface area (Å²) in [5, 5.41) is 4.60. The number of nitrogens with zero attached hydrogens (tertiary/aromatic N) is 3. The number of fused-ring (bicyclic) bond motifs is 1. The topological polar surface area (TPSA) is 59.9 Å². The SMILES string of the molecule is c1cc(-c2cc(NC3COC3)c3ccncc3n2)ccn1. The number of hydrogen-bond acceptors (Lipinski definition) is 5. The molecule has 0 saturated carbocycles. The van der Waals surface area contributed by atoms with Crippen LogP contribution in [0.15, 0.2) is 49.1 Å². The first-order valence-electron chi connectivity index (χ1n) is 6.89. The number of aromatic nitrogens is 3. The van der Waals surface area contributed by atoms with Crippen molar-refractivity contribution in [1.82, 2.24) is 15.0 Å². The van der Waals surface area contributed by atoms with Crippen LogP contribution in [-0.4, -0.2) is 34.2 Å². The highest BCUT2D eigenvalue weighted by Gasteiger charge is 2.19. The maximum Gasteiger partial charge on any atom is 0.0913 e. The van der Waals surface area contributed by atoms with Crippen LogP contribution < -0.4 is 5.32 Å². The van der Waals surface area contributed by atoms with Gasteiger partial charge in [-0.25, -0.2) is 4.98 Å². The van der Waals surface area contributed by atoms with Gasteiger partial charge in [-0.15, -0.1) is 0 Å². The summed E-state index contributed by atoms with van der Waals surface area (Å²) in [5.41, 5.74) is 3.92. The Balaban J connectivity index is 1.84. The normalized spacial score (nSPS) is 14.9. The van der Waals surface area contributed by atoms with Crippen LogP contribution in [0.25, 0.3) is 22.2 Å². The van der Waals surface area contributed by atoms with E-state index in [1.54, 1.807) is 24.8 Å². The summed E-state index contributed by atoms with van der Waals surface area (Å²) < 4.78 is 5.24.